The van der Waals surface area contributed by atoms with Crippen molar-refractivity contribution in [2.45, 2.75) is 12.5 Å². The summed E-state index contributed by atoms with van der Waals surface area (Å²) in [5.41, 5.74) is 5.57. The third-order valence-electron chi connectivity index (χ3n) is 3.36. The summed E-state index contributed by atoms with van der Waals surface area (Å²) < 4.78 is 5.40. The molecule has 3 N–H and O–H groups in total. The Balaban J connectivity index is 2.24. The molecule has 1 aromatic heterocycles. The van der Waals surface area contributed by atoms with E-state index in [1.165, 1.54) is 0 Å². The maximum atomic E-state index is 12.1. The highest BCUT2D eigenvalue weighted by atomic mass is 16.5. The van der Waals surface area contributed by atoms with E-state index in [0.717, 1.165) is 10.9 Å². The first kappa shape index (κ1) is 11.5. The van der Waals surface area contributed by atoms with Crippen LogP contribution < -0.4 is 5.73 Å². The molecule has 0 fully saturated rings. The molecule has 3 rings (SSSR count). The molecule has 0 bridgehead atoms. The number of carbonyl (C=O) groups excluding carboxylic acids is 1. The van der Waals surface area contributed by atoms with Gasteiger partial charge in [0.15, 0.2) is 5.60 Å². The fourth-order valence-electron chi connectivity index (χ4n) is 2.34. The Hall–Kier alpha value is -2.56. The molecular weight excluding hydrogens is 244 g/mol. The zero-order valence-electron chi connectivity index (χ0n) is 10.3. The molecule has 1 unspecified atom stereocenters. The highest BCUT2D eigenvalue weighted by molar-refractivity contribution is 6.04. The summed E-state index contributed by atoms with van der Waals surface area (Å²) in [6.07, 6.45) is 1.60. The quantitative estimate of drug-likeness (QED) is 0.811. The Morgan fingerprint density at radius 3 is 2.74 bits per heavy atom. The Morgan fingerprint density at radius 2 is 2.05 bits per heavy atom. The molecule has 5 heteroatoms. The number of nitrogens with two attached hydrogens (primary N) is 1. The van der Waals surface area contributed by atoms with Crippen LogP contribution in [0.5, 0.6) is 0 Å². The average molecular weight is 256 g/mol. The van der Waals surface area contributed by atoms with Crippen LogP contribution in [0.4, 0.5) is 0 Å². The molecule has 2 heterocycles. The summed E-state index contributed by atoms with van der Waals surface area (Å²) in [6.45, 7) is 1.59. The first-order valence-electron chi connectivity index (χ1n) is 5.81. The van der Waals surface area contributed by atoms with Crippen molar-refractivity contribution < 1.29 is 14.6 Å². The molecule has 96 valence electrons. The molecule has 5 nitrogen and oxygen atoms in total. The van der Waals surface area contributed by atoms with E-state index in [-0.39, 0.29) is 5.88 Å². The summed E-state index contributed by atoms with van der Waals surface area (Å²) >= 11 is 0. The third kappa shape index (κ3) is 1.48. The van der Waals surface area contributed by atoms with Crippen molar-refractivity contribution in [2.75, 3.05) is 0 Å². The van der Waals surface area contributed by atoms with Crippen LogP contribution in [0, 0.1) is 0 Å². The minimum Gasteiger partial charge on any atom is -0.501 e. The van der Waals surface area contributed by atoms with Gasteiger partial charge in [-0.05, 0) is 19.1 Å². The highest BCUT2D eigenvalue weighted by Gasteiger charge is 2.47. The molecule has 1 atom stereocenters. The zero-order chi connectivity index (χ0) is 13.6. The molecule has 1 aromatic carbocycles. The predicted octanol–water partition coefficient (Wildman–Crippen LogP) is 1.74. The van der Waals surface area contributed by atoms with Gasteiger partial charge < -0.3 is 15.6 Å². The second-order valence-electron chi connectivity index (χ2n) is 4.55. The smallest absolute Gasteiger partial charge is 0.250 e. The summed E-state index contributed by atoms with van der Waals surface area (Å²) in [5, 5.41) is 10.4. The Kier molecular flexibility index (Phi) is 2.25. The number of ether oxygens (including phenoxy) is 1. The number of hydrogen-bond acceptors (Lipinski definition) is 5. The molecule has 2 aromatic rings. The van der Waals surface area contributed by atoms with Gasteiger partial charge in [-0.3, -0.25) is 9.78 Å². The molecule has 0 saturated heterocycles. The number of carbonyl (C=O) groups is 1. The van der Waals surface area contributed by atoms with Gasteiger partial charge in [-0.15, -0.1) is 0 Å². The standard InChI is InChI=1S/C14H12N2O3/c1-14(12(18)11(17)13(15)19-14)9-6-7-16-10-5-3-2-4-8(9)10/h2-7,17H,15H2,1H3. The summed E-state index contributed by atoms with van der Waals surface area (Å²) in [5.74, 6) is -1.31. The molecule has 0 saturated carbocycles. The van der Waals surface area contributed by atoms with Crippen LogP contribution in [-0.2, 0) is 15.1 Å². The number of nitrogens with zero attached hydrogens (tertiary/aromatic N) is 1. The maximum absolute atomic E-state index is 12.1. The van der Waals surface area contributed by atoms with Crippen LogP contribution in [0.1, 0.15) is 12.5 Å². The number of fused-ring (bicyclic) bond motifs is 1. The number of pyridine rings is 1. The van der Waals surface area contributed by atoms with Gasteiger partial charge in [0, 0.05) is 17.1 Å². The molecule has 0 radical (unpaired) electrons. The van der Waals surface area contributed by atoms with E-state index in [0.29, 0.717) is 5.56 Å². The number of ketones is 1. The van der Waals surface area contributed by atoms with Gasteiger partial charge in [0.2, 0.25) is 11.6 Å². The van der Waals surface area contributed by atoms with Gasteiger partial charge in [-0.2, -0.15) is 0 Å². The Bertz CT molecular complexity index is 718. The molecule has 1 aliphatic heterocycles. The van der Waals surface area contributed by atoms with Gasteiger partial charge in [-0.25, -0.2) is 0 Å². The van der Waals surface area contributed by atoms with Crippen molar-refractivity contribution in [3.8, 4) is 0 Å². The van der Waals surface area contributed by atoms with E-state index in [1.807, 2.05) is 24.3 Å². The monoisotopic (exact) mass is 256 g/mol. The van der Waals surface area contributed by atoms with E-state index >= 15 is 0 Å². The minimum atomic E-state index is -1.31. The van der Waals surface area contributed by atoms with Crippen LogP contribution in [0.25, 0.3) is 10.9 Å². The van der Waals surface area contributed by atoms with Crippen molar-refractivity contribution in [2.24, 2.45) is 5.73 Å². The van der Waals surface area contributed by atoms with E-state index in [4.69, 9.17) is 10.5 Å². The van der Waals surface area contributed by atoms with Gasteiger partial charge in [0.05, 0.1) is 5.52 Å². The number of hydrogen-bond donors (Lipinski definition) is 2. The van der Waals surface area contributed by atoms with Crippen LogP contribution in [0.2, 0.25) is 0 Å². The number of aromatic nitrogens is 1. The van der Waals surface area contributed by atoms with Crippen molar-refractivity contribution in [1.29, 1.82) is 0 Å². The number of para-hydroxylation sites is 1. The second-order valence-corrected chi connectivity index (χ2v) is 4.55. The molecule has 0 aliphatic carbocycles. The molecule has 19 heavy (non-hydrogen) atoms. The van der Waals surface area contributed by atoms with Gasteiger partial charge >= 0.3 is 0 Å². The summed E-state index contributed by atoms with van der Waals surface area (Å²) in [7, 11) is 0. The van der Waals surface area contributed by atoms with E-state index < -0.39 is 17.1 Å². The van der Waals surface area contributed by atoms with Crippen LogP contribution >= 0.6 is 0 Å². The third-order valence-corrected chi connectivity index (χ3v) is 3.36. The first-order chi connectivity index (χ1) is 9.04. The van der Waals surface area contributed by atoms with Crippen LogP contribution in [0.3, 0.4) is 0 Å². The Morgan fingerprint density at radius 1 is 1.32 bits per heavy atom. The maximum Gasteiger partial charge on any atom is 0.250 e. The number of aliphatic hydroxyl groups excluding tert-OH is 1. The van der Waals surface area contributed by atoms with Crippen molar-refractivity contribution in [3.05, 3.63) is 53.7 Å². The summed E-state index contributed by atoms with van der Waals surface area (Å²) in [6, 6.07) is 9.12. The normalized spacial score (nSPS) is 22.9. The van der Waals surface area contributed by atoms with Gasteiger partial charge in [0.25, 0.3) is 5.78 Å². The van der Waals surface area contributed by atoms with E-state index in [1.54, 1.807) is 19.2 Å². The van der Waals surface area contributed by atoms with Crippen LogP contribution in [-0.4, -0.2) is 15.9 Å². The fourth-order valence-corrected chi connectivity index (χ4v) is 2.34. The molecule has 0 amide bonds. The lowest BCUT2D eigenvalue weighted by atomic mass is 9.89. The van der Waals surface area contributed by atoms with Crippen LogP contribution in [0.15, 0.2) is 48.2 Å². The summed E-state index contributed by atoms with van der Waals surface area (Å²) in [4.78, 5) is 16.4. The molecule has 1 aliphatic rings. The molecule has 0 spiro atoms. The predicted molar refractivity (Wildman–Crippen MR) is 69.0 cm³/mol. The second kappa shape index (κ2) is 3.71. The zero-order valence-corrected chi connectivity index (χ0v) is 10.3. The lowest BCUT2D eigenvalue weighted by Crippen LogP contribution is -2.31. The van der Waals surface area contributed by atoms with Crippen molar-refractivity contribution in [1.82, 2.24) is 4.98 Å². The number of aliphatic hydroxyl groups is 1. The fraction of sp³-hybridized carbons (Fsp3) is 0.143. The average Bonchev–Trinajstić information content (AvgIpc) is 2.63. The van der Waals surface area contributed by atoms with E-state index in [2.05, 4.69) is 4.98 Å². The highest BCUT2D eigenvalue weighted by Crippen LogP contribution is 2.38. The topological polar surface area (TPSA) is 85.4 Å². The van der Waals surface area contributed by atoms with Gasteiger partial charge in [-0.1, -0.05) is 18.2 Å². The lowest BCUT2D eigenvalue weighted by molar-refractivity contribution is -0.131. The van der Waals surface area contributed by atoms with Crippen molar-refractivity contribution in [3.63, 3.8) is 0 Å². The largest absolute Gasteiger partial charge is 0.501 e. The van der Waals surface area contributed by atoms with E-state index in [9.17, 15) is 9.90 Å². The number of rotatable bonds is 1. The first-order valence-corrected chi connectivity index (χ1v) is 5.81. The minimum absolute atomic E-state index is 0.242. The lowest BCUT2D eigenvalue weighted by Gasteiger charge is -2.24. The van der Waals surface area contributed by atoms with Crippen molar-refractivity contribution >= 4 is 16.7 Å². The number of Topliss-reactive ketones (excluding diaryl/α,β-unsaturated/α-hetero) is 1. The van der Waals surface area contributed by atoms with Gasteiger partial charge in [0.1, 0.15) is 0 Å². The molecular formula is C14H12N2O3. The Labute approximate surface area is 109 Å². The SMILES string of the molecule is CC1(c2ccnc3ccccc23)OC(N)=C(O)C1=O. The number of benzene rings is 1.